The van der Waals surface area contributed by atoms with E-state index in [-0.39, 0.29) is 29.4 Å². The Labute approximate surface area is 209 Å². The van der Waals surface area contributed by atoms with E-state index in [2.05, 4.69) is 27.0 Å². The van der Waals surface area contributed by atoms with Crippen LogP contribution in [-0.4, -0.2) is 48.4 Å². The van der Waals surface area contributed by atoms with Gasteiger partial charge in [-0.1, -0.05) is 32.4 Å². The van der Waals surface area contributed by atoms with E-state index in [1.165, 1.54) is 7.11 Å². The molecule has 2 aromatic rings. The summed E-state index contributed by atoms with van der Waals surface area (Å²) in [6.07, 6.45) is 2.09. The van der Waals surface area contributed by atoms with Crippen LogP contribution >= 0.6 is 11.6 Å². The fourth-order valence-corrected chi connectivity index (χ4v) is 4.49. The minimum absolute atomic E-state index is 0.0976. The summed E-state index contributed by atoms with van der Waals surface area (Å²) in [5.41, 5.74) is 0.604. The van der Waals surface area contributed by atoms with Crippen molar-refractivity contribution in [1.29, 1.82) is 5.26 Å². The topological polar surface area (TPSA) is 136 Å². The van der Waals surface area contributed by atoms with Crippen LogP contribution in [0.5, 0.6) is 5.75 Å². The Bertz CT molecular complexity index is 1150. The quantitative estimate of drug-likeness (QED) is 0.440. The van der Waals surface area contributed by atoms with Crippen molar-refractivity contribution in [3.05, 3.63) is 28.9 Å². The van der Waals surface area contributed by atoms with Gasteiger partial charge in [-0.2, -0.15) is 5.26 Å². The first-order valence-corrected chi connectivity index (χ1v) is 12.0. The third kappa shape index (κ3) is 6.89. The van der Waals surface area contributed by atoms with Crippen molar-refractivity contribution in [2.45, 2.75) is 58.5 Å². The van der Waals surface area contributed by atoms with Crippen LogP contribution in [-0.2, 0) is 9.59 Å². The molecule has 2 heterocycles. The minimum Gasteiger partial charge on any atom is -0.496 e. The van der Waals surface area contributed by atoms with E-state index in [9.17, 15) is 19.6 Å². The lowest BCUT2D eigenvalue weighted by Crippen LogP contribution is -2.51. The van der Waals surface area contributed by atoms with Gasteiger partial charge in [-0.25, -0.2) is 0 Å². The van der Waals surface area contributed by atoms with Crippen LogP contribution in [0.1, 0.15) is 56.9 Å². The fourth-order valence-electron chi connectivity index (χ4n) is 4.28. The molecule has 0 aliphatic carbocycles. The standard InChI is InChI=1S/C25H32ClN5O4/c1-25(2,3)12-20(24(34)29-16(13-27)8-14-6-5-7-28-22(14)32)31-23(33)19-11-17-18(30-19)9-15(26)10-21(17)35-4/h9-11,14,16,20,30H,5-8,12H2,1-4H3,(H,28,32)(H,29,34)(H,31,33)/t14-,16?,20?/m0/s1. The van der Waals surface area contributed by atoms with Crippen LogP contribution < -0.4 is 20.7 Å². The van der Waals surface area contributed by atoms with Crippen LogP contribution in [0.3, 0.4) is 0 Å². The number of H-pyrrole nitrogens is 1. The Balaban J connectivity index is 1.76. The number of amides is 3. The Morgan fingerprint density at radius 3 is 2.66 bits per heavy atom. The average Bonchev–Trinajstić information content (AvgIpc) is 3.22. The number of halogens is 1. The molecule has 3 rings (SSSR count). The van der Waals surface area contributed by atoms with Gasteiger partial charge in [-0.05, 0) is 49.3 Å². The van der Waals surface area contributed by atoms with Gasteiger partial charge in [0.05, 0.1) is 18.7 Å². The lowest BCUT2D eigenvalue weighted by molar-refractivity contribution is -0.128. The normalized spacial score (nSPS) is 17.7. The number of hydrogen-bond donors (Lipinski definition) is 4. The maximum atomic E-state index is 13.2. The molecule has 1 aliphatic heterocycles. The van der Waals surface area contributed by atoms with Crippen molar-refractivity contribution in [2.75, 3.05) is 13.7 Å². The number of carbonyl (C=O) groups is 3. The first kappa shape index (κ1) is 26.4. The summed E-state index contributed by atoms with van der Waals surface area (Å²) in [5.74, 6) is -0.829. The van der Waals surface area contributed by atoms with Gasteiger partial charge >= 0.3 is 0 Å². The largest absolute Gasteiger partial charge is 0.496 e. The predicted octanol–water partition coefficient (Wildman–Crippen LogP) is 3.29. The summed E-state index contributed by atoms with van der Waals surface area (Å²) in [6, 6.07) is 5.36. The number of aromatic amines is 1. The van der Waals surface area contributed by atoms with E-state index >= 15 is 0 Å². The highest BCUT2D eigenvalue weighted by molar-refractivity contribution is 6.31. The van der Waals surface area contributed by atoms with E-state index in [0.29, 0.717) is 41.1 Å². The fraction of sp³-hybridized carbons (Fsp3) is 0.520. The van der Waals surface area contributed by atoms with E-state index in [4.69, 9.17) is 16.3 Å². The second kappa shape index (κ2) is 11.0. The van der Waals surface area contributed by atoms with E-state index in [0.717, 1.165) is 6.42 Å². The Kier molecular flexibility index (Phi) is 8.28. The molecule has 35 heavy (non-hydrogen) atoms. The molecule has 10 heteroatoms. The number of carbonyl (C=O) groups excluding carboxylic acids is 3. The molecule has 4 N–H and O–H groups in total. The molecule has 1 aromatic heterocycles. The van der Waals surface area contributed by atoms with Gasteiger partial charge < -0.3 is 25.7 Å². The molecule has 1 aliphatic rings. The van der Waals surface area contributed by atoms with Gasteiger partial charge in [-0.15, -0.1) is 0 Å². The van der Waals surface area contributed by atoms with Crippen LogP contribution in [0.4, 0.5) is 0 Å². The molecular formula is C25H32ClN5O4. The highest BCUT2D eigenvalue weighted by atomic mass is 35.5. The summed E-state index contributed by atoms with van der Waals surface area (Å²) >= 11 is 6.13. The third-order valence-corrected chi connectivity index (χ3v) is 6.18. The maximum Gasteiger partial charge on any atom is 0.268 e. The number of hydrogen-bond acceptors (Lipinski definition) is 5. The molecule has 1 aromatic carbocycles. The summed E-state index contributed by atoms with van der Waals surface area (Å²) in [4.78, 5) is 41.4. The molecule has 0 radical (unpaired) electrons. The number of nitriles is 1. The lowest BCUT2D eigenvalue weighted by atomic mass is 9.87. The van der Waals surface area contributed by atoms with Gasteiger partial charge in [0.15, 0.2) is 0 Å². The molecular weight excluding hydrogens is 470 g/mol. The smallest absolute Gasteiger partial charge is 0.268 e. The zero-order valence-corrected chi connectivity index (χ0v) is 21.2. The van der Waals surface area contributed by atoms with Crippen LogP contribution in [0, 0.1) is 22.7 Å². The van der Waals surface area contributed by atoms with Gasteiger partial charge in [0.25, 0.3) is 5.91 Å². The second-order valence-electron chi connectivity index (χ2n) is 10.1. The highest BCUT2D eigenvalue weighted by Gasteiger charge is 2.31. The van der Waals surface area contributed by atoms with Crippen molar-refractivity contribution in [3.8, 4) is 11.8 Å². The SMILES string of the molecule is COc1cc(Cl)cc2[nH]c(C(=O)NC(CC(C)(C)C)C(=O)NC(C#N)C[C@@H]3CCCNC3=O)cc12. The van der Waals surface area contributed by atoms with Gasteiger partial charge in [-0.3, -0.25) is 14.4 Å². The molecule has 1 fully saturated rings. The molecule has 0 saturated carbocycles. The summed E-state index contributed by atoms with van der Waals surface area (Å²) in [6.45, 7) is 6.51. The highest BCUT2D eigenvalue weighted by Crippen LogP contribution is 2.30. The molecule has 0 spiro atoms. The monoisotopic (exact) mass is 501 g/mol. The number of ether oxygens (including phenoxy) is 1. The van der Waals surface area contributed by atoms with Crippen molar-refractivity contribution in [1.82, 2.24) is 20.9 Å². The third-order valence-electron chi connectivity index (χ3n) is 5.96. The Hall–Kier alpha value is -3.25. The Morgan fingerprint density at radius 2 is 2.03 bits per heavy atom. The molecule has 9 nitrogen and oxygen atoms in total. The number of piperidine rings is 1. The van der Waals surface area contributed by atoms with Crippen LogP contribution in [0.2, 0.25) is 5.02 Å². The summed E-state index contributed by atoms with van der Waals surface area (Å²) in [5, 5.41) is 19.1. The Morgan fingerprint density at radius 1 is 1.29 bits per heavy atom. The van der Waals surface area contributed by atoms with E-state index < -0.39 is 23.9 Å². The molecule has 0 bridgehead atoms. The summed E-state index contributed by atoms with van der Waals surface area (Å²) in [7, 11) is 1.52. The van der Waals surface area contributed by atoms with Crippen LogP contribution in [0.15, 0.2) is 18.2 Å². The number of benzene rings is 1. The number of methoxy groups -OCH3 is 1. The average molecular weight is 502 g/mol. The van der Waals surface area contributed by atoms with E-state index in [1.807, 2.05) is 20.8 Å². The zero-order chi connectivity index (χ0) is 25.8. The van der Waals surface area contributed by atoms with E-state index in [1.54, 1.807) is 18.2 Å². The number of nitrogens with zero attached hydrogens (tertiary/aromatic N) is 1. The van der Waals surface area contributed by atoms with Gasteiger partial charge in [0, 0.05) is 22.9 Å². The predicted molar refractivity (Wildman–Crippen MR) is 133 cm³/mol. The number of aromatic nitrogens is 1. The minimum atomic E-state index is -0.879. The first-order chi connectivity index (χ1) is 16.5. The number of rotatable bonds is 8. The molecule has 2 unspecified atom stereocenters. The zero-order valence-electron chi connectivity index (χ0n) is 20.5. The second-order valence-corrected chi connectivity index (χ2v) is 10.5. The van der Waals surface area contributed by atoms with Crippen LogP contribution in [0.25, 0.3) is 10.9 Å². The lowest BCUT2D eigenvalue weighted by Gasteiger charge is -2.28. The van der Waals surface area contributed by atoms with Crippen molar-refractivity contribution in [3.63, 3.8) is 0 Å². The summed E-state index contributed by atoms with van der Waals surface area (Å²) < 4.78 is 5.35. The number of nitrogens with one attached hydrogen (secondary N) is 4. The van der Waals surface area contributed by atoms with Crippen molar-refractivity contribution >= 4 is 40.2 Å². The molecule has 3 atom stereocenters. The van der Waals surface area contributed by atoms with Gasteiger partial charge in [0.1, 0.15) is 23.5 Å². The molecule has 3 amide bonds. The van der Waals surface area contributed by atoms with Crippen molar-refractivity contribution < 1.29 is 19.1 Å². The molecule has 1 saturated heterocycles. The molecule has 188 valence electrons. The van der Waals surface area contributed by atoms with Gasteiger partial charge in [0.2, 0.25) is 11.8 Å². The maximum absolute atomic E-state index is 13.2. The first-order valence-electron chi connectivity index (χ1n) is 11.7. The van der Waals surface area contributed by atoms with Crippen molar-refractivity contribution in [2.24, 2.45) is 11.3 Å². The number of fused-ring (bicyclic) bond motifs is 1.